The maximum atomic E-state index is 11.4. The Morgan fingerprint density at radius 3 is 1.05 bits per heavy atom. The zero-order chi connectivity index (χ0) is 41.3. The first kappa shape index (κ1) is 46.0. The van der Waals surface area contributed by atoms with Gasteiger partial charge >= 0.3 is 0 Å². The van der Waals surface area contributed by atoms with E-state index >= 15 is 0 Å². The van der Waals surface area contributed by atoms with E-state index in [9.17, 15) is 86.8 Å². The molecule has 0 unspecified atom stereocenters. The highest BCUT2D eigenvalue weighted by Gasteiger charge is 2.58. The first-order chi connectivity index (χ1) is 26.5. The first-order valence-electron chi connectivity index (χ1n) is 17.6. The molecule has 5 saturated heterocycles. The number of aliphatic hydroxyl groups excluding tert-OH is 17. The molecule has 5 aliphatic rings. The summed E-state index contributed by atoms with van der Waals surface area (Å²) in [6.07, 6.45) is -48.8. The highest BCUT2D eigenvalue weighted by Crippen LogP contribution is 2.37. The Morgan fingerprint density at radius 1 is 0.268 bits per heavy atom. The Kier molecular flexibility index (Phi) is 16.1. The van der Waals surface area contributed by atoms with Gasteiger partial charge in [0.2, 0.25) is 0 Å². The summed E-state index contributed by atoms with van der Waals surface area (Å²) in [4.78, 5) is 0. The lowest BCUT2D eigenvalue weighted by Crippen LogP contribution is -2.69. The van der Waals surface area contributed by atoms with Crippen molar-refractivity contribution < 1.29 is 129 Å². The summed E-state index contributed by atoms with van der Waals surface area (Å²) in [6.45, 7) is -4.75. The summed E-state index contributed by atoms with van der Waals surface area (Å²) >= 11 is 0. The molecule has 26 heteroatoms. The summed E-state index contributed by atoms with van der Waals surface area (Å²) in [5, 5.41) is 177. The van der Waals surface area contributed by atoms with E-state index in [0.717, 1.165) is 0 Å². The smallest absolute Gasteiger partial charge is 0.187 e. The van der Waals surface area contributed by atoms with Crippen molar-refractivity contribution in [1.29, 1.82) is 0 Å². The zero-order valence-electron chi connectivity index (χ0n) is 29.2. The highest BCUT2D eigenvalue weighted by molar-refractivity contribution is 4.99. The predicted molar refractivity (Wildman–Crippen MR) is 167 cm³/mol. The molecule has 5 heterocycles. The van der Waals surface area contributed by atoms with Crippen molar-refractivity contribution >= 4 is 0 Å². The van der Waals surface area contributed by atoms with Crippen molar-refractivity contribution in [3.63, 3.8) is 0 Å². The maximum Gasteiger partial charge on any atom is 0.187 e. The third-order valence-corrected chi connectivity index (χ3v) is 10.3. The minimum absolute atomic E-state index is 0.904. The Balaban J connectivity index is 1.54. The van der Waals surface area contributed by atoms with E-state index in [0.29, 0.717) is 0 Å². The number of hydrogen-bond acceptors (Lipinski definition) is 26. The molecule has 0 aromatic heterocycles. The molecule has 328 valence electrons. The monoisotopic (exact) mass is 828 g/mol. The molecule has 26 nitrogen and oxygen atoms in total. The van der Waals surface area contributed by atoms with Crippen molar-refractivity contribution in [3.8, 4) is 0 Å². The Hall–Kier alpha value is -1.04. The molecule has 5 fully saturated rings. The lowest BCUT2D eigenvalue weighted by atomic mass is 9.95. The van der Waals surface area contributed by atoms with Crippen LogP contribution in [0.5, 0.6) is 0 Å². The molecule has 0 aromatic rings. The van der Waals surface area contributed by atoms with Gasteiger partial charge in [0.05, 0.1) is 33.0 Å². The number of rotatable bonds is 13. The zero-order valence-corrected chi connectivity index (χ0v) is 29.2. The van der Waals surface area contributed by atoms with Crippen LogP contribution in [-0.4, -0.2) is 273 Å². The van der Waals surface area contributed by atoms with Crippen LogP contribution in [0, 0.1) is 0 Å². The van der Waals surface area contributed by atoms with Gasteiger partial charge in [-0.3, -0.25) is 0 Å². The van der Waals surface area contributed by atoms with E-state index in [1.165, 1.54) is 0 Å². The van der Waals surface area contributed by atoms with Gasteiger partial charge in [0.15, 0.2) is 31.5 Å². The normalized spacial score (nSPS) is 53.2. The molecule has 0 bridgehead atoms. The minimum Gasteiger partial charge on any atom is -0.394 e. The van der Waals surface area contributed by atoms with Gasteiger partial charge in [-0.2, -0.15) is 0 Å². The Labute approximate surface area is 316 Å². The highest BCUT2D eigenvalue weighted by atomic mass is 16.8. The quantitative estimate of drug-likeness (QED) is 0.0819. The summed E-state index contributed by atoms with van der Waals surface area (Å²) in [5.41, 5.74) is 0. The molecular formula is C30H52O26. The van der Waals surface area contributed by atoms with E-state index in [4.69, 9.17) is 42.6 Å². The fraction of sp³-hybridized carbons (Fsp3) is 1.00. The lowest BCUT2D eigenvalue weighted by Gasteiger charge is -2.51. The van der Waals surface area contributed by atoms with Crippen molar-refractivity contribution in [2.45, 2.75) is 154 Å². The number of ether oxygens (including phenoxy) is 9. The molecule has 0 saturated carbocycles. The van der Waals surface area contributed by atoms with Crippen LogP contribution < -0.4 is 0 Å². The molecule has 5 rings (SSSR count). The van der Waals surface area contributed by atoms with E-state index in [-0.39, 0.29) is 0 Å². The molecule has 0 spiro atoms. The van der Waals surface area contributed by atoms with Gasteiger partial charge in [0.25, 0.3) is 0 Å². The molecule has 5 aliphatic heterocycles. The second-order valence-electron chi connectivity index (χ2n) is 13.9. The van der Waals surface area contributed by atoms with Gasteiger partial charge in [-0.1, -0.05) is 0 Å². The van der Waals surface area contributed by atoms with Gasteiger partial charge < -0.3 is 129 Å². The number of hydrogen-bond donors (Lipinski definition) is 17. The van der Waals surface area contributed by atoms with E-state index in [1.54, 1.807) is 0 Å². The third kappa shape index (κ3) is 9.16. The van der Waals surface area contributed by atoms with Crippen LogP contribution in [0.1, 0.15) is 0 Å². The average molecular weight is 829 g/mol. The van der Waals surface area contributed by atoms with Crippen molar-refractivity contribution in [2.75, 3.05) is 33.0 Å². The second kappa shape index (κ2) is 19.6. The summed E-state index contributed by atoms with van der Waals surface area (Å²) < 4.78 is 50.6. The number of aliphatic hydroxyl groups is 17. The van der Waals surface area contributed by atoms with Crippen LogP contribution in [0.15, 0.2) is 0 Å². The van der Waals surface area contributed by atoms with Gasteiger partial charge in [0, 0.05) is 0 Å². The van der Waals surface area contributed by atoms with Crippen molar-refractivity contribution in [3.05, 3.63) is 0 Å². The van der Waals surface area contributed by atoms with E-state index < -0.39 is 187 Å². The third-order valence-electron chi connectivity index (χ3n) is 10.3. The molecule has 0 amide bonds. The van der Waals surface area contributed by atoms with Gasteiger partial charge in [-0.05, 0) is 0 Å². The molecule has 0 radical (unpaired) electrons. The van der Waals surface area contributed by atoms with Crippen LogP contribution in [0.3, 0.4) is 0 Å². The molecule has 0 aliphatic carbocycles. The molecular weight excluding hydrogens is 776 g/mol. The van der Waals surface area contributed by atoms with Crippen LogP contribution >= 0.6 is 0 Å². The summed E-state index contributed by atoms with van der Waals surface area (Å²) in [5.74, 6) is 0. The van der Waals surface area contributed by atoms with Crippen LogP contribution in [0.4, 0.5) is 0 Å². The predicted octanol–water partition coefficient (Wildman–Crippen LogP) is -11.9. The molecule has 56 heavy (non-hydrogen) atoms. The van der Waals surface area contributed by atoms with E-state index in [2.05, 4.69) is 0 Å². The minimum atomic E-state index is -2.14. The summed E-state index contributed by atoms with van der Waals surface area (Å²) in [7, 11) is 0. The lowest BCUT2D eigenvalue weighted by molar-refractivity contribution is -0.415. The Bertz CT molecular complexity index is 1200. The van der Waals surface area contributed by atoms with Gasteiger partial charge in [0.1, 0.15) is 122 Å². The van der Waals surface area contributed by atoms with Crippen molar-refractivity contribution in [1.82, 2.24) is 0 Å². The van der Waals surface area contributed by atoms with Gasteiger partial charge in [-0.15, -0.1) is 0 Å². The molecule has 17 N–H and O–H groups in total. The van der Waals surface area contributed by atoms with Crippen LogP contribution in [-0.2, 0) is 42.6 Å². The topological polar surface area (TPSA) is 427 Å². The SMILES string of the molecule is OC[C@H]1O[C@H](O[C@H]2[C@@H](O[C@H]3[C@@H](O[C@@H]4[C@@H](O)[C@@H](O)O[C@H](CO)[C@H]4O)O[C@H](CO)[C@@H](O)[C@@H]3O[C@@H]3O[C@H](CO)[C@@H](O)[C@H](O)[C@H]3O)O[C@H](CO)[C@@H](O)[C@@H]2O)[C@H](O)[C@@H](O)[C@H]1O. The van der Waals surface area contributed by atoms with Crippen LogP contribution in [0.25, 0.3) is 0 Å². The van der Waals surface area contributed by atoms with Crippen molar-refractivity contribution in [2.24, 2.45) is 0 Å². The molecule has 25 atom stereocenters. The first-order valence-corrected chi connectivity index (χ1v) is 17.6. The maximum absolute atomic E-state index is 11.4. The summed E-state index contributed by atoms with van der Waals surface area (Å²) in [6, 6.07) is 0. The van der Waals surface area contributed by atoms with E-state index in [1.807, 2.05) is 0 Å². The van der Waals surface area contributed by atoms with Crippen LogP contribution in [0.2, 0.25) is 0 Å². The fourth-order valence-corrected chi connectivity index (χ4v) is 6.97. The average Bonchev–Trinajstić information content (AvgIpc) is 3.19. The largest absolute Gasteiger partial charge is 0.394 e. The molecule has 0 aromatic carbocycles. The standard InChI is InChI=1S/C30H52O26/c31-1-6-11(36)16(41)19(44)27(49-6)54-23-15(40)10(5-35)52-30(53-22-14(39)9(4-34)48-26(47)21(22)46)25(23)56-29-24(18(43)13(38)8(3-33)51-29)55-28-20(45)17(42)12(37)7(2-32)50-28/h6-47H,1-5H2/t6-,7-,8-,9-,10-,11-,12+,13-,14-,15-,16+,17+,18+,19-,20-,21-,22+,23+,24-,25-,26+,27+,28-,29-,30-/m1/s1. The fourth-order valence-electron chi connectivity index (χ4n) is 6.97. The van der Waals surface area contributed by atoms with Gasteiger partial charge in [-0.25, -0.2) is 0 Å². The Morgan fingerprint density at radius 2 is 0.589 bits per heavy atom. The second-order valence-corrected chi connectivity index (χ2v) is 13.9.